The number of anilines is 1. The molecule has 0 amide bonds. The molecular formula is C9H9FN2O5S. The van der Waals surface area contributed by atoms with Crippen molar-refractivity contribution in [2.75, 3.05) is 29.5 Å². The van der Waals surface area contributed by atoms with Crippen LogP contribution in [0.3, 0.4) is 0 Å². The Bertz CT molecular complexity index is 497. The summed E-state index contributed by atoms with van der Waals surface area (Å²) in [5.41, 5.74) is -0.363. The molecule has 1 saturated heterocycles. The van der Waals surface area contributed by atoms with E-state index >= 15 is 0 Å². The minimum absolute atomic E-state index is 0.363. The molecular weight excluding hydrogens is 267 g/mol. The van der Waals surface area contributed by atoms with Gasteiger partial charge in [-0.2, -0.15) is 16.2 Å². The van der Waals surface area contributed by atoms with Crippen LogP contribution in [0.4, 0.5) is 16.0 Å². The first kappa shape index (κ1) is 12.7. The number of carbonyl (C=O) groups is 1. The molecule has 0 spiro atoms. The van der Waals surface area contributed by atoms with E-state index in [1.165, 1.54) is 4.90 Å². The minimum atomic E-state index is -1.66. The van der Waals surface area contributed by atoms with E-state index < -0.39 is 28.4 Å². The van der Waals surface area contributed by atoms with Gasteiger partial charge in [0, 0.05) is 24.6 Å². The quantitative estimate of drug-likeness (QED) is 0.661. The van der Waals surface area contributed by atoms with Gasteiger partial charge in [-0.25, -0.2) is 4.79 Å². The number of carboxylic acids is 1. The number of hydrogen-bond donors (Lipinski definition) is 1. The summed E-state index contributed by atoms with van der Waals surface area (Å²) in [6.45, 7) is 0.835. The molecule has 98 valence electrons. The van der Waals surface area contributed by atoms with Gasteiger partial charge in [0.1, 0.15) is 4.92 Å². The van der Waals surface area contributed by atoms with E-state index in [1.54, 1.807) is 11.8 Å². The van der Waals surface area contributed by atoms with Crippen molar-refractivity contribution in [3.63, 3.8) is 0 Å². The molecule has 1 N–H and O–H groups in total. The normalized spacial score (nSPS) is 15.7. The van der Waals surface area contributed by atoms with Crippen molar-refractivity contribution in [3.8, 4) is 0 Å². The fraction of sp³-hybridized carbons (Fsp3) is 0.444. The van der Waals surface area contributed by atoms with Gasteiger partial charge >= 0.3 is 11.9 Å². The van der Waals surface area contributed by atoms with Crippen molar-refractivity contribution in [3.05, 3.63) is 21.7 Å². The van der Waals surface area contributed by atoms with E-state index in [2.05, 4.69) is 4.42 Å². The maximum Gasteiger partial charge on any atom is 0.460 e. The van der Waals surface area contributed by atoms with Gasteiger partial charge in [-0.3, -0.25) is 10.1 Å². The van der Waals surface area contributed by atoms with Crippen LogP contribution >= 0.6 is 11.8 Å². The molecule has 0 atom stereocenters. The molecule has 2 heterocycles. The Morgan fingerprint density at radius 1 is 1.50 bits per heavy atom. The Labute approximate surface area is 105 Å². The summed E-state index contributed by atoms with van der Waals surface area (Å²) >= 11 is 1.65. The second kappa shape index (κ2) is 4.84. The summed E-state index contributed by atoms with van der Waals surface area (Å²) in [4.78, 5) is 22.0. The second-order valence-electron chi connectivity index (χ2n) is 3.56. The average Bonchev–Trinajstić information content (AvgIpc) is 2.68. The molecule has 0 bridgehead atoms. The topological polar surface area (TPSA) is 96.8 Å². The van der Waals surface area contributed by atoms with Crippen LogP contribution in [0.25, 0.3) is 0 Å². The molecule has 2 rings (SSSR count). The molecule has 0 aromatic carbocycles. The molecule has 1 fully saturated rings. The Balaban J connectivity index is 2.48. The lowest BCUT2D eigenvalue weighted by Crippen LogP contribution is -2.33. The standard InChI is InChI=1S/C9H9FN2O5S/c10-5-6(11-1-3-18-4-2-11)8(12(15)16)17-7(5)9(13)14/h1-4H2,(H,13,14). The number of thioether (sulfide) groups is 1. The van der Waals surface area contributed by atoms with Crippen molar-refractivity contribution >= 4 is 29.3 Å². The molecule has 0 radical (unpaired) electrons. The highest BCUT2D eigenvalue weighted by Crippen LogP contribution is 2.37. The van der Waals surface area contributed by atoms with Crippen molar-refractivity contribution < 1.29 is 23.6 Å². The fourth-order valence-corrected chi connectivity index (χ4v) is 2.62. The summed E-state index contributed by atoms with van der Waals surface area (Å²) in [5.74, 6) is -3.31. The zero-order valence-corrected chi connectivity index (χ0v) is 9.91. The van der Waals surface area contributed by atoms with E-state index in [1.807, 2.05) is 0 Å². The monoisotopic (exact) mass is 276 g/mol. The van der Waals surface area contributed by atoms with Crippen molar-refractivity contribution in [2.45, 2.75) is 0 Å². The highest BCUT2D eigenvalue weighted by atomic mass is 32.2. The summed E-state index contributed by atoms with van der Waals surface area (Å²) < 4.78 is 18.4. The fourth-order valence-electron chi connectivity index (χ4n) is 1.71. The predicted octanol–water partition coefficient (Wildman–Crippen LogP) is 1.58. The van der Waals surface area contributed by atoms with Crippen LogP contribution in [0, 0.1) is 15.9 Å². The number of nitro groups is 1. The zero-order valence-electron chi connectivity index (χ0n) is 9.09. The SMILES string of the molecule is O=C(O)c1oc([N+](=O)[O-])c(N2CCSCC2)c1F. The van der Waals surface area contributed by atoms with Gasteiger partial charge in [0.15, 0.2) is 5.69 Å². The maximum absolute atomic E-state index is 13.9. The number of rotatable bonds is 3. The molecule has 0 aliphatic carbocycles. The largest absolute Gasteiger partial charge is 0.475 e. The third-order valence-electron chi connectivity index (χ3n) is 2.50. The predicted molar refractivity (Wildman–Crippen MR) is 61.8 cm³/mol. The first-order chi connectivity index (χ1) is 8.52. The number of aromatic carboxylic acids is 1. The number of halogens is 1. The smallest absolute Gasteiger partial charge is 0.460 e. The number of hydrogen-bond acceptors (Lipinski definition) is 6. The molecule has 1 aliphatic heterocycles. The van der Waals surface area contributed by atoms with Crippen LogP contribution in [0.15, 0.2) is 4.42 Å². The Morgan fingerprint density at radius 3 is 2.61 bits per heavy atom. The van der Waals surface area contributed by atoms with Gasteiger partial charge in [-0.05, 0) is 0 Å². The summed E-state index contributed by atoms with van der Waals surface area (Å²) in [6.07, 6.45) is 0. The van der Waals surface area contributed by atoms with Crippen molar-refractivity contribution in [1.29, 1.82) is 0 Å². The Morgan fingerprint density at radius 2 is 2.11 bits per heavy atom. The minimum Gasteiger partial charge on any atom is -0.475 e. The van der Waals surface area contributed by atoms with E-state index in [-0.39, 0.29) is 5.69 Å². The van der Waals surface area contributed by atoms with Gasteiger partial charge in [0.2, 0.25) is 5.82 Å². The lowest BCUT2D eigenvalue weighted by atomic mass is 10.3. The molecule has 0 unspecified atom stereocenters. The number of carboxylic acid groups (broad SMARTS) is 1. The van der Waals surface area contributed by atoms with Gasteiger partial charge < -0.3 is 14.4 Å². The lowest BCUT2D eigenvalue weighted by Gasteiger charge is -2.26. The molecule has 1 aliphatic rings. The zero-order chi connectivity index (χ0) is 13.3. The maximum atomic E-state index is 13.9. The van der Waals surface area contributed by atoms with Crippen LogP contribution in [-0.4, -0.2) is 40.6 Å². The van der Waals surface area contributed by atoms with Crippen LogP contribution < -0.4 is 4.90 Å². The van der Waals surface area contributed by atoms with Crippen LogP contribution in [0.1, 0.15) is 10.6 Å². The first-order valence-corrected chi connectivity index (χ1v) is 6.20. The van der Waals surface area contributed by atoms with Crippen LogP contribution in [0.2, 0.25) is 0 Å². The molecule has 7 nitrogen and oxygen atoms in total. The first-order valence-electron chi connectivity index (χ1n) is 5.05. The Hall–Kier alpha value is -1.77. The third-order valence-corrected chi connectivity index (χ3v) is 3.44. The Kier molecular flexibility index (Phi) is 3.41. The van der Waals surface area contributed by atoms with E-state index in [4.69, 9.17) is 5.11 Å². The molecule has 1 aromatic rings. The van der Waals surface area contributed by atoms with Gasteiger partial charge in [-0.15, -0.1) is 0 Å². The molecule has 1 aromatic heterocycles. The van der Waals surface area contributed by atoms with E-state index in [0.717, 1.165) is 0 Å². The number of nitrogens with zero attached hydrogens (tertiary/aromatic N) is 2. The highest BCUT2D eigenvalue weighted by Gasteiger charge is 2.36. The van der Waals surface area contributed by atoms with E-state index in [0.29, 0.717) is 24.6 Å². The van der Waals surface area contributed by atoms with Crippen LogP contribution in [0.5, 0.6) is 0 Å². The van der Waals surface area contributed by atoms with Gasteiger partial charge in [-0.1, -0.05) is 0 Å². The second-order valence-corrected chi connectivity index (χ2v) is 4.79. The molecule has 18 heavy (non-hydrogen) atoms. The lowest BCUT2D eigenvalue weighted by molar-refractivity contribution is -0.401. The van der Waals surface area contributed by atoms with Gasteiger partial charge in [0.25, 0.3) is 5.76 Å². The summed E-state index contributed by atoms with van der Waals surface area (Å²) in [6, 6.07) is 0. The van der Waals surface area contributed by atoms with Crippen LogP contribution in [-0.2, 0) is 0 Å². The summed E-state index contributed by atoms with van der Waals surface area (Å²) in [5, 5.41) is 19.5. The van der Waals surface area contributed by atoms with Crippen molar-refractivity contribution in [2.24, 2.45) is 0 Å². The average molecular weight is 276 g/mol. The van der Waals surface area contributed by atoms with Crippen molar-refractivity contribution in [1.82, 2.24) is 0 Å². The number of furan rings is 1. The third kappa shape index (κ3) is 2.13. The summed E-state index contributed by atoms with van der Waals surface area (Å²) in [7, 11) is 0. The molecule has 0 saturated carbocycles. The van der Waals surface area contributed by atoms with E-state index in [9.17, 15) is 19.3 Å². The van der Waals surface area contributed by atoms with Gasteiger partial charge in [0.05, 0.1) is 0 Å². The molecule has 9 heteroatoms. The highest BCUT2D eigenvalue weighted by molar-refractivity contribution is 7.99.